The fraction of sp³-hybridized carbons (Fsp3) is 0.417. The van der Waals surface area contributed by atoms with Crippen LogP contribution in [0.25, 0.3) is 0 Å². The number of nitrogens with zero attached hydrogens (tertiary/aromatic N) is 2. The van der Waals surface area contributed by atoms with Crippen molar-refractivity contribution < 1.29 is 22.4 Å². The maximum atomic E-state index is 14.2. The number of carbonyl (C=O) groups excluding carboxylic acids is 2. The molecule has 0 bridgehead atoms. The van der Waals surface area contributed by atoms with E-state index in [2.05, 4.69) is 5.32 Å². The van der Waals surface area contributed by atoms with E-state index in [1.165, 1.54) is 23.1 Å². The summed E-state index contributed by atoms with van der Waals surface area (Å²) in [5.74, 6) is -1.17. The first kappa shape index (κ1) is 26.3. The second-order valence-corrected chi connectivity index (χ2v) is 9.77. The summed E-state index contributed by atoms with van der Waals surface area (Å²) in [4.78, 5) is 27.1. The lowest BCUT2D eigenvalue weighted by Gasteiger charge is -2.29. The van der Waals surface area contributed by atoms with Crippen LogP contribution < -0.4 is 9.62 Å². The number of rotatable bonds is 12. The Hall–Kier alpha value is -2.94. The van der Waals surface area contributed by atoms with E-state index in [9.17, 15) is 22.4 Å². The van der Waals surface area contributed by atoms with E-state index in [0.29, 0.717) is 6.54 Å². The number of sulfonamides is 1. The van der Waals surface area contributed by atoms with Gasteiger partial charge in [0.25, 0.3) is 0 Å². The third kappa shape index (κ3) is 7.85. The molecule has 0 radical (unpaired) electrons. The predicted molar refractivity (Wildman–Crippen MR) is 128 cm³/mol. The van der Waals surface area contributed by atoms with Crippen LogP contribution in [0, 0.1) is 5.82 Å². The van der Waals surface area contributed by atoms with Crippen molar-refractivity contribution in [3.05, 3.63) is 66.0 Å². The minimum Gasteiger partial charge on any atom is -0.354 e. The molecular formula is C24H32FN3O4S. The molecule has 2 aromatic carbocycles. The zero-order valence-corrected chi connectivity index (χ0v) is 20.1. The number of para-hydroxylation sites is 1. The molecule has 0 heterocycles. The van der Waals surface area contributed by atoms with Gasteiger partial charge in [-0.25, -0.2) is 12.8 Å². The van der Waals surface area contributed by atoms with E-state index in [4.69, 9.17) is 0 Å². The van der Waals surface area contributed by atoms with E-state index in [1.807, 2.05) is 37.3 Å². The molecule has 1 unspecified atom stereocenters. The van der Waals surface area contributed by atoms with Crippen molar-refractivity contribution in [1.29, 1.82) is 0 Å². The lowest BCUT2D eigenvalue weighted by atomic mass is 10.1. The van der Waals surface area contributed by atoms with E-state index in [1.54, 1.807) is 13.0 Å². The van der Waals surface area contributed by atoms with Crippen LogP contribution in [0.15, 0.2) is 54.6 Å². The Balaban J connectivity index is 2.13. The molecule has 7 nitrogen and oxygen atoms in total. The largest absolute Gasteiger partial charge is 0.354 e. The minimum absolute atomic E-state index is 0.0126. The zero-order chi connectivity index (χ0) is 24.4. The molecule has 0 saturated carbocycles. The summed E-state index contributed by atoms with van der Waals surface area (Å²) in [6, 6.07) is 14.3. The van der Waals surface area contributed by atoms with Crippen LogP contribution in [0.1, 0.15) is 38.7 Å². The van der Waals surface area contributed by atoms with E-state index in [0.717, 1.165) is 22.5 Å². The molecule has 33 heavy (non-hydrogen) atoms. The first-order valence-corrected chi connectivity index (χ1v) is 12.8. The van der Waals surface area contributed by atoms with Gasteiger partial charge in [0.2, 0.25) is 21.8 Å². The summed E-state index contributed by atoms with van der Waals surface area (Å²) >= 11 is 0. The molecule has 0 aliphatic carbocycles. The van der Waals surface area contributed by atoms with Crippen LogP contribution in [0.5, 0.6) is 0 Å². The molecule has 0 aromatic heterocycles. The average molecular weight is 478 g/mol. The molecule has 2 rings (SSSR count). The van der Waals surface area contributed by atoms with Gasteiger partial charge in [-0.15, -0.1) is 0 Å². The SMILES string of the molecule is CCCNC(=O)C(C)N(Cc1ccccc1)C(=O)CCCN(c1ccccc1F)S(C)(=O)=O. The first-order valence-electron chi connectivity index (χ1n) is 11.0. The quantitative estimate of drug-likeness (QED) is 0.508. The molecule has 1 atom stereocenters. The summed E-state index contributed by atoms with van der Waals surface area (Å²) in [5, 5.41) is 2.81. The topological polar surface area (TPSA) is 86.8 Å². The first-order chi connectivity index (χ1) is 15.6. The van der Waals surface area contributed by atoms with Crippen molar-refractivity contribution in [2.24, 2.45) is 0 Å². The highest BCUT2D eigenvalue weighted by atomic mass is 32.2. The maximum absolute atomic E-state index is 14.2. The molecule has 2 amide bonds. The van der Waals surface area contributed by atoms with Crippen LogP contribution in [-0.4, -0.2) is 50.5 Å². The smallest absolute Gasteiger partial charge is 0.242 e. The Morgan fingerprint density at radius 2 is 1.70 bits per heavy atom. The van der Waals surface area contributed by atoms with Crippen LogP contribution in [0.2, 0.25) is 0 Å². The van der Waals surface area contributed by atoms with Crippen molar-refractivity contribution in [2.75, 3.05) is 23.7 Å². The molecule has 9 heteroatoms. The highest BCUT2D eigenvalue weighted by Crippen LogP contribution is 2.22. The van der Waals surface area contributed by atoms with Gasteiger partial charge in [-0.05, 0) is 37.5 Å². The lowest BCUT2D eigenvalue weighted by Crippen LogP contribution is -2.47. The predicted octanol–water partition coefficient (Wildman–Crippen LogP) is 3.32. The third-order valence-corrected chi connectivity index (χ3v) is 6.37. The number of carbonyl (C=O) groups is 2. The number of benzene rings is 2. The van der Waals surface area contributed by atoms with E-state index >= 15 is 0 Å². The minimum atomic E-state index is -3.74. The molecule has 0 spiro atoms. The zero-order valence-electron chi connectivity index (χ0n) is 19.3. The summed E-state index contributed by atoms with van der Waals surface area (Å²) in [6.45, 7) is 4.34. The van der Waals surface area contributed by atoms with Gasteiger partial charge in [0, 0.05) is 26.1 Å². The lowest BCUT2D eigenvalue weighted by molar-refractivity contribution is -0.140. The Morgan fingerprint density at radius 1 is 1.06 bits per heavy atom. The van der Waals surface area contributed by atoms with Gasteiger partial charge in [-0.2, -0.15) is 0 Å². The monoisotopic (exact) mass is 477 g/mol. The van der Waals surface area contributed by atoms with Crippen molar-refractivity contribution >= 4 is 27.5 Å². The molecular weight excluding hydrogens is 445 g/mol. The summed E-state index contributed by atoms with van der Waals surface area (Å²) in [5.41, 5.74) is 0.825. The molecule has 180 valence electrons. The fourth-order valence-electron chi connectivity index (χ4n) is 3.40. The average Bonchev–Trinajstić information content (AvgIpc) is 2.78. The number of hydrogen-bond acceptors (Lipinski definition) is 4. The van der Waals surface area contributed by atoms with Crippen LogP contribution in [0.4, 0.5) is 10.1 Å². The second-order valence-electron chi connectivity index (χ2n) is 7.86. The number of amides is 2. The normalized spacial score (nSPS) is 12.1. The van der Waals surface area contributed by atoms with Crippen LogP contribution in [-0.2, 0) is 26.2 Å². The van der Waals surface area contributed by atoms with E-state index < -0.39 is 21.9 Å². The Labute approximate surface area is 195 Å². The van der Waals surface area contributed by atoms with Crippen molar-refractivity contribution in [1.82, 2.24) is 10.2 Å². The van der Waals surface area contributed by atoms with Crippen molar-refractivity contribution in [2.45, 2.75) is 45.7 Å². The molecule has 0 saturated heterocycles. The molecule has 0 aliphatic rings. The Kier molecular flexibility index (Phi) is 9.84. The number of halogens is 1. The van der Waals surface area contributed by atoms with Crippen molar-refractivity contribution in [3.63, 3.8) is 0 Å². The highest BCUT2D eigenvalue weighted by molar-refractivity contribution is 7.92. The number of anilines is 1. The summed E-state index contributed by atoms with van der Waals surface area (Å²) in [6.07, 6.45) is 1.97. The highest BCUT2D eigenvalue weighted by Gasteiger charge is 2.26. The standard InChI is InChI=1S/C24H32FN3O4S/c1-4-16-26-24(30)19(2)27(18-20-11-6-5-7-12-20)23(29)15-10-17-28(33(3,31)32)22-14-9-8-13-21(22)25/h5-9,11-14,19H,4,10,15-18H2,1-3H3,(H,26,30). The second kappa shape index (κ2) is 12.3. The summed E-state index contributed by atoms with van der Waals surface area (Å²) in [7, 11) is -3.74. The third-order valence-electron chi connectivity index (χ3n) is 5.19. The number of nitrogens with one attached hydrogen (secondary N) is 1. The van der Waals surface area contributed by atoms with Gasteiger partial charge in [0.1, 0.15) is 11.9 Å². The van der Waals surface area contributed by atoms with Gasteiger partial charge < -0.3 is 10.2 Å². The molecule has 0 fully saturated rings. The Bertz CT molecular complexity index is 1030. The van der Waals surface area contributed by atoms with Gasteiger partial charge in [-0.1, -0.05) is 49.4 Å². The van der Waals surface area contributed by atoms with E-state index in [-0.39, 0.29) is 43.4 Å². The molecule has 2 aromatic rings. The summed E-state index contributed by atoms with van der Waals surface area (Å²) < 4.78 is 39.7. The Morgan fingerprint density at radius 3 is 2.30 bits per heavy atom. The molecule has 0 aliphatic heterocycles. The van der Waals surface area contributed by atoms with Gasteiger partial charge >= 0.3 is 0 Å². The maximum Gasteiger partial charge on any atom is 0.242 e. The fourth-order valence-corrected chi connectivity index (χ4v) is 4.36. The van der Waals surface area contributed by atoms with Gasteiger partial charge in [-0.3, -0.25) is 13.9 Å². The van der Waals surface area contributed by atoms with Crippen LogP contribution in [0.3, 0.4) is 0 Å². The van der Waals surface area contributed by atoms with Crippen molar-refractivity contribution in [3.8, 4) is 0 Å². The molecule has 1 N–H and O–H groups in total. The van der Waals surface area contributed by atoms with Gasteiger partial charge in [0.05, 0.1) is 11.9 Å². The number of hydrogen-bond donors (Lipinski definition) is 1. The van der Waals surface area contributed by atoms with Gasteiger partial charge in [0.15, 0.2) is 0 Å². The van der Waals surface area contributed by atoms with Crippen LogP contribution >= 0.6 is 0 Å².